The standard InChI is InChI=1S/C19H32N2O2/c1-5-15(2)19(4,22)14-20-16(3)17-6-8-18(9-7-17)21-10-12-23-13-11-21/h6-9,15-16,20,22H,5,10-14H2,1-4H3. The second-order valence-corrected chi connectivity index (χ2v) is 6.96. The minimum absolute atomic E-state index is 0.226. The summed E-state index contributed by atoms with van der Waals surface area (Å²) in [5.74, 6) is 0.283. The lowest BCUT2D eigenvalue weighted by Gasteiger charge is -2.32. The fourth-order valence-corrected chi connectivity index (χ4v) is 2.89. The summed E-state index contributed by atoms with van der Waals surface area (Å²) in [6.45, 7) is 12.4. The van der Waals surface area contributed by atoms with Crippen LogP contribution in [0.3, 0.4) is 0 Å². The van der Waals surface area contributed by atoms with Gasteiger partial charge in [-0.2, -0.15) is 0 Å². The average Bonchev–Trinajstić information content (AvgIpc) is 2.60. The molecule has 130 valence electrons. The summed E-state index contributed by atoms with van der Waals surface area (Å²) in [6.07, 6.45) is 0.983. The molecule has 0 spiro atoms. The van der Waals surface area contributed by atoms with E-state index in [2.05, 4.69) is 55.3 Å². The SMILES string of the molecule is CCC(C)C(C)(O)CNC(C)c1ccc(N2CCOCC2)cc1. The van der Waals surface area contributed by atoms with Gasteiger partial charge < -0.3 is 20.1 Å². The zero-order valence-corrected chi connectivity index (χ0v) is 15.0. The molecule has 1 heterocycles. The lowest BCUT2D eigenvalue weighted by atomic mass is 9.88. The minimum Gasteiger partial charge on any atom is -0.389 e. The first-order chi connectivity index (χ1) is 10.9. The molecule has 1 aliphatic heterocycles. The van der Waals surface area contributed by atoms with E-state index in [9.17, 15) is 5.11 Å². The van der Waals surface area contributed by atoms with Crippen molar-refractivity contribution in [2.75, 3.05) is 37.7 Å². The Labute approximate surface area is 140 Å². The van der Waals surface area contributed by atoms with Gasteiger partial charge in [-0.05, 0) is 37.5 Å². The minimum atomic E-state index is -0.670. The lowest BCUT2D eigenvalue weighted by molar-refractivity contribution is 0.00365. The summed E-state index contributed by atoms with van der Waals surface area (Å²) >= 11 is 0. The van der Waals surface area contributed by atoms with E-state index in [1.807, 2.05) is 6.92 Å². The molecule has 3 atom stereocenters. The molecule has 1 fully saturated rings. The van der Waals surface area contributed by atoms with Crippen LogP contribution in [0, 0.1) is 5.92 Å². The van der Waals surface area contributed by atoms with Gasteiger partial charge in [0.25, 0.3) is 0 Å². The summed E-state index contributed by atoms with van der Waals surface area (Å²) in [7, 11) is 0. The molecular weight excluding hydrogens is 288 g/mol. The highest BCUT2D eigenvalue weighted by atomic mass is 16.5. The molecule has 1 saturated heterocycles. The van der Waals surface area contributed by atoms with Crippen LogP contribution in [0.5, 0.6) is 0 Å². The highest BCUT2D eigenvalue weighted by Gasteiger charge is 2.27. The normalized spacial score (nSPS) is 20.8. The Morgan fingerprint density at radius 2 is 1.83 bits per heavy atom. The fourth-order valence-electron chi connectivity index (χ4n) is 2.89. The molecule has 3 unspecified atom stereocenters. The van der Waals surface area contributed by atoms with Crippen molar-refractivity contribution in [2.24, 2.45) is 5.92 Å². The molecule has 0 bridgehead atoms. The average molecular weight is 320 g/mol. The maximum absolute atomic E-state index is 10.5. The fraction of sp³-hybridized carbons (Fsp3) is 0.684. The summed E-state index contributed by atoms with van der Waals surface area (Å²) in [6, 6.07) is 8.96. The van der Waals surface area contributed by atoms with Crippen molar-refractivity contribution in [3.05, 3.63) is 29.8 Å². The van der Waals surface area contributed by atoms with Crippen LogP contribution in [0.15, 0.2) is 24.3 Å². The molecule has 0 aliphatic carbocycles. The maximum atomic E-state index is 10.5. The molecule has 23 heavy (non-hydrogen) atoms. The first-order valence-corrected chi connectivity index (χ1v) is 8.82. The lowest BCUT2D eigenvalue weighted by Crippen LogP contribution is -2.43. The zero-order valence-electron chi connectivity index (χ0n) is 15.0. The first-order valence-electron chi connectivity index (χ1n) is 8.82. The van der Waals surface area contributed by atoms with Crippen molar-refractivity contribution in [3.8, 4) is 0 Å². The molecule has 0 radical (unpaired) electrons. The zero-order chi connectivity index (χ0) is 16.9. The Morgan fingerprint density at radius 3 is 2.39 bits per heavy atom. The quantitative estimate of drug-likeness (QED) is 0.811. The van der Waals surface area contributed by atoms with Crippen molar-refractivity contribution in [3.63, 3.8) is 0 Å². The number of anilines is 1. The van der Waals surface area contributed by atoms with Gasteiger partial charge in [-0.1, -0.05) is 32.4 Å². The van der Waals surface area contributed by atoms with Gasteiger partial charge in [-0.25, -0.2) is 0 Å². The Hall–Kier alpha value is -1.10. The summed E-state index contributed by atoms with van der Waals surface area (Å²) in [5.41, 5.74) is 1.84. The predicted octanol–water partition coefficient (Wildman–Crippen LogP) is 2.97. The number of rotatable bonds is 7. The molecule has 2 rings (SSSR count). The smallest absolute Gasteiger partial charge is 0.0769 e. The van der Waals surface area contributed by atoms with Crippen LogP contribution in [0.2, 0.25) is 0 Å². The number of aliphatic hydroxyl groups is 1. The second-order valence-electron chi connectivity index (χ2n) is 6.96. The highest BCUT2D eigenvalue weighted by Crippen LogP contribution is 2.23. The van der Waals surface area contributed by atoms with Crippen molar-refractivity contribution in [1.82, 2.24) is 5.32 Å². The molecule has 0 aromatic heterocycles. The van der Waals surface area contributed by atoms with Crippen LogP contribution in [0.1, 0.15) is 45.7 Å². The van der Waals surface area contributed by atoms with E-state index >= 15 is 0 Å². The third kappa shape index (κ3) is 4.93. The van der Waals surface area contributed by atoms with Crippen LogP contribution in [-0.2, 0) is 4.74 Å². The summed E-state index contributed by atoms with van der Waals surface area (Å²) in [4.78, 5) is 2.36. The molecular formula is C19H32N2O2. The third-order valence-electron chi connectivity index (χ3n) is 5.21. The van der Waals surface area contributed by atoms with Gasteiger partial charge in [0.15, 0.2) is 0 Å². The van der Waals surface area contributed by atoms with E-state index in [0.717, 1.165) is 32.7 Å². The Bertz CT molecular complexity index is 467. The summed E-state index contributed by atoms with van der Waals surface area (Å²) < 4.78 is 5.40. The van der Waals surface area contributed by atoms with Crippen molar-refractivity contribution in [2.45, 2.75) is 45.8 Å². The molecule has 1 aromatic rings. The molecule has 1 aliphatic rings. The van der Waals surface area contributed by atoms with Crippen molar-refractivity contribution < 1.29 is 9.84 Å². The molecule has 4 heteroatoms. The summed E-state index contributed by atoms with van der Waals surface area (Å²) in [5, 5.41) is 14.0. The van der Waals surface area contributed by atoms with E-state index in [1.54, 1.807) is 0 Å². The molecule has 0 saturated carbocycles. The van der Waals surface area contributed by atoms with Gasteiger partial charge in [-0.3, -0.25) is 0 Å². The number of morpholine rings is 1. The predicted molar refractivity (Wildman–Crippen MR) is 96.0 cm³/mol. The van der Waals surface area contributed by atoms with E-state index in [1.165, 1.54) is 11.3 Å². The van der Waals surface area contributed by atoms with Crippen LogP contribution in [0.4, 0.5) is 5.69 Å². The number of ether oxygens (including phenoxy) is 1. The van der Waals surface area contributed by atoms with Crippen LogP contribution < -0.4 is 10.2 Å². The Morgan fingerprint density at radius 1 is 1.22 bits per heavy atom. The molecule has 1 aromatic carbocycles. The number of benzene rings is 1. The first kappa shape index (κ1) is 18.2. The van der Waals surface area contributed by atoms with E-state index in [0.29, 0.717) is 6.54 Å². The van der Waals surface area contributed by atoms with Gasteiger partial charge in [0, 0.05) is 31.4 Å². The molecule has 0 amide bonds. The Balaban J connectivity index is 1.91. The highest BCUT2D eigenvalue weighted by molar-refractivity contribution is 5.48. The van der Waals surface area contributed by atoms with Crippen LogP contribution >= 0.6 is 0 Å². The second kappa shape index (κ2) is 8.13. The number of hydrogen-bond acceptors (Lipinski definition) is 4. The van der Waals surface area contributed by atoms with Gasteiger partial charge >= 0.3 is 0 Å². The third-order valence-corrected chi connectivity index (χ3v) is 5.21. The van der Waals surface area contributed by atoms with E-state index in [4.69, 9.17) is 4.74 Å². The maximum Gasteiger partial charge on any atom is 0.0769 e. The van der Waals surface area contributed by atoms with Gasteiger partial charge in [0.2, 0.25) is 0 Å². The largest absolute Gasteiger partial charge is 0.389 e. The number of nitrogens with zero attached hydrogens (tertiary/aromatic N) is 1. The number of nitrogens with one attached hydrogen (secondary N) is 1. The monoisotopic (exact) mass is 320 g/mol. The van der Waals surface area contributed by atoms with Crippen LogP contribution in [-0.4, -0.2) is 43.6 Å². The van der Waals surface area contributed by atoms with Gasteiger partial charge in [0.05, 0.1) is 18.8 Å². The van der Waals surface area contributed by atoms with E-state index < -0.39 is 5.60 Å². The molecule has 2 N–H and O–H groups in total. The molecule has 4 nitrogen and oxygen atoms in total. The van der Waals surface area contributed by atoms with E-state index in [-0.39, 0.29) is 12.0 Å². The van der Waals surface area contributed by atoms with Gasteiger partial charge in [0.1, 0.15) is 0 Å². The number of hydrogen-bond donors (Lipinski definition) is 2. The van der Waals surface area contributed by atoms with Crippen molar-refractivity contribution >= 4 is 5.69 Å². The van der Waals surface area contributed by atoms with Crippen molar-refractivity contribution in [1.29, 1.82) is 0 Å². The Kier molecular flexibility index (Phi) is 6.45. The van der Waals surface area contributed by atoms with Crippen LogP contribution in [0.25, 0.3) is 0 Å². The topological polar surface area (TPSA) is 44.7 Å². The van der Waals surface area contributed by atoms with Gasteiger partial charge in [-0.15, -0.1) is 0 Å².